The molecule has 0 unspecified atom stereocenters. The van der Waals surface area contributed by atoms with Gasteiger partial charge in [-0.2, -0.15) is 0 Å². The lowest BCUT2D eigenvalue weighted by molar-refractivity contribution is 1.08. The molecule has 0 spiro atoms. The topological polar surface area (TPSA) is 38.7 Å². The maximum atomic E-state index is 5.06. The highest BCUT2D eigenvalue weighted by Crippen LogP contribution is 2.32. The molecule has 1 aromatic heterocycles. The van der Waals surface area contributed by atoms with Gasteiger partial charge in [0.2, 0.25) is 0 Å². The third-order valence-electron chi connectivity index (χ3n) is 7.88. The first-order valence-electron chi connectivity index (χ1n) is 14.1. The summed E-state index contributed by atoms with van der Waals surface area (Å²) in [5.74, 6) is 1.98. The van der Waals surface area contributed by atoms with Crippen molar-refractivity contribution in [3.8, 4) is 45.3 Å². The Labute approximate surface area is 243 Å². The molecule has 7 aromatic carbocycles. The second-order valence-electron chi connectivity index (χ2n) is 10.5. The van der Waals surface area contributed by atoms with Crippen molar-refractivity contribution in [1.82, 2.24) is 15.0 Å². The second kappa shape index (κ2) is 10.1. The third kappa shape index (κ3) is 4.38. The van der Waals surface area contributed by atoms with Crippen LogP contribution in [0.15, 0.2) is 152 Å². The Hall–Kier alpha value is -5.67. The molecule has 3 nitrogen and oxygen atoms in total. The summed E-state index contributed by atoms with van der Waals surface area (Å²) >= 11 is 0. The van der Waals surface area contributed by atoms with Crippen LogP contribution in [0.1, 0.15) is 0 Å². The van der Waals surface area contributed by atoms with E-state index in [1.54, 1.807) is 0 Å². The summed E-state index contributed by atoms with van der Waals surface area (Å²) in [5, 5.41) is 6.94. The Morgan fingerprint density at radius 1 is 0.286 bits per heavy atom. The normalized spacial score (nSPS) is 11.3. The van der Waals surface area contributed by atoms with Gasteiger partial charge in [0.15, 0.2) is 17.5 Å². The first-order valence-corrected chi connectivity index (χ1v) is 14.1. The summed E-state index contributed by atoms with van der Waals surface area (Å²) in [4.78, 5) is 15.1. The largest absolute Gasteiger partial charge is 0.208 e. The van der Waals surface area contributed by atoms with E-state index in [0.29, 0.717) is 17.5 Å². The number of nitrogens with zero attached hydrogens (tertiary/aromatic N) is 3. The first kappa shape index (κ1) is 24.2. The van der Waals surface area contributed by atoms with Gasteiger partial charge in [-0.05, 0) is 61.6 Å². The van der Waals surface area contributed by atoms with Crippen LogP contribution >= 0.6 is 0 Å². The fourth-order valence-electron chi connectivity index (χ4n) is 5.70. The maximum Gasteiger partial charge on any atom is 0.164 e. The van der Waals surface area contributed by atoms with Crippen molar-refractivity contribution in [2.45, 2.75) is 0 Å². The van der Waals surface area contributed by atoms with Crippen LogP contribution in [0.2, 0.25) is 0 Å². The van der Waals surface area contributed by atoms with Crippen LogP contribution in [0, 0.1) is 0 Å². The predicted octanol–water partition coefficient (Wildman–Crippen LogP) is 10.00. The van der Waals surface area contributed by atoms with Crippen molar-refractivity contribution in [2.24, 2.45) is 0 Å². The third-order valence-corrected chi connectivity index (χ3v) is 7.88. The van der Waals surface area contributed by atoms with Gasteiger partial charge in [0.25, 0.3) is 0 Å². The fourth-order valence-corrected chi connectivity index (χ4v) is 5.70. The van der Waals surface area contributed by atoms with Gasteiger partial charge < -0.3 is 0 Å². The van der Waals surface area contributed by atoms with E-state index in [1.165, 1.54) is 21.9 Å². The Morgan fingerprint density at radius 2 is 0.786 bits per heavy atom. The molecule has 0 aliphatic carbocycles. The van der Waals surface area contributed by atoms with Crippen molar-refractivity contribution in [1.29, 1.82) is 0 Å². The van der Waals surface area contributed by atoms with E-state index in [2.05, 4.69) is 146 Å². The first-order chi connectivity index (χ1) is 20.8. The van der Waals surface area contributed by atoms with Crippen LogP contribution < -0.4 is 0 Å². The molecule has 0 saturated heterocycles. The van der Waals surface area contributed by atoms with Gasteiger partial charge >= 0.3 is 0 Å². The lowest BCUT2D eigenvalue weighted by atomic mass is 9.99. The molecule has 0 aliphatic rings. The lowest BCUT2D eigenvalue weighted by Gasteiger charge is -2.11. The molecular formula is C39H25N3. The number of fused-ring (bicyclic) bond motifs is 3. The Kier molecular flexibility index (Phi) is 5.79. The molecule has 0 fully saturated rings. The van der Waals surface area contributed by atoms with E-state index in [4.69, 9.17) is 15.0 Å². The van der Waals surface area contributed by atoms with Crippen LogP contribution in [0.25, 0.3) is 77.6 Å². The van der Waals surface area contributed by atoms with Gasteiger partial charge in [-0.1, -0.05) is 133 Å². The minimum Gasteiger partial charge on any atom is -0.208 e. The number of hydrogen-bond acceptors (Lipinski definition) is 3. The quantitative estimate of drug-likeness (QED) is 0.225. The summed E-state index contributed by atoms with van der Waals surface area (Å²) in [6, 6.07) is 52.9. The highest BCUT2D eigenvalue weighted by Gasteiger charge is 2.15. The SMILES string of the molecule is c1ccc(-c2ccc3cc(-c4nc(-c5ccc6ccccc6c5)nc(-c5cccc6ccccc56)n4)ccc3c2)cc1. The van der Waals surface area contributed by atoms with Crippen LogP contribution in [-0.4, -0.2) is 15.0 Å². The highest BCUT2D eigenvalue weighted by atomic mass is 15.0. The van der Waals surface area contributed by atoms with E-state index in [9.17, 15) is 0 Å². The van der Waals surface area contributed by atoms with Crippen LogP contribution in [0.4, 0.5) is 0 Å². The molecule has 0 saturated carbocycles. The molecule has 0 atom stereocenters. The van der Waals surface area contributed by atoms with Gasteiger partial charge in [-0.15, -0.1) is 0 Å². The monoisotopic (exact) mass is 535 g/mol. The summed E-state index contributed by atoms with van der Waals surface area (Å²) in [6.07, 6.45) is 0. The molecule has 0 N–H and O–H groups in total. The van der Waals surface area contributed by atoms with Crippen LogP contribution in [0.3, 0.4) is 0 Å². The zero-order valence-corrected chi connectivity index (χ0v) is 22.8. The Morgan fingerprint density at radius 3 is 1.52 bits per heavy atom. The van der Waals surface area contributed by atoms with Crippen LogP contribution in [-0.2, 0) is 0 Å². The summed E-state index contributed by atoms with van der Waals surface area (Å²) in [7, 11) is 0. The van der Waals surface area contributed by atoms with Crippen molar-refractivity contribution in [3.63, 3.8) is 0 Å². The van der Waals surface area contributed by atoms with E-state index >= 15 is 0 Å². The number of aromatic nitrogens is 3. The highest BCUT2D eigenvalue weighted by molar-refractivity contribution is 5.96. The maximum absolute atomic E-state index is 5.06. The second-order valence-corrected chi connectivity index (χ2v) is 10.5. The van der Waals surface area contributed by atoms with Gasteiger partial charge in [0.1, 0.15) is 0 Å². The summed E-state index contributed by atoms with van der Waals surface area (Å²) in [5.41, 5.74) is 5.33. The molecule has 8 aromatic rings. The van der Waals surface area contributed by atoms with Gasteiger partial charge in [0, 0.05) is 16.7 Å². The average Bonchev–Trinajstić information content (AvgIpc) is 3.07. The van der Waals surface area contributed by atoms with E-state index < -0.39 is 0 Å². The molecule has 0 amide bonds. The predicted molar refractivity (Wildman–Crippen MR) is 174 cm³/mol. The van der Waals surface area contributed by atoms with Crippen LogP contribution in [0.5, 0.6) is 0 Å². The standard InChI is InChI=1S/C39H25N3/c1-2-9-26(10-3-1)30-18-19-32-25-34(22-20-31(32)23-30)38-40-37(33-21-17-27-11-4-5-13-29(27)24-33)41-39(42-38)36-16-8-14-28-12-6-7-15-35(28)36/h1-25H. The zero-order valence-electron chi connectivity index (χ0n) is 22.8. The summed E-state index contributed by atoms with van der Waals surface area (Å²) in [6.45, 7) is 0. The van der Waals surface area contributed by atoms with Crippen molar-refractivity contribution >= 4 is 32.3 Å². The molecule has 0 bridgehead atoms. The number of rotatable bonds is 4. The number of benzene rings is 7. The fraction of sp³-hybridized carbons (Fsp3) is 0. The molecule has 0 radical (unpaired) electrons. The van der Waals surface area contributed by atoms with E-state index in [1.807, 2.05) is 6.07 Å². The average molecular weight is 536 g/mol. The van der Waals surface area contributed by atoms with Crippen molar-refractivity contribution in [3.05, 3.63) is 152 Å². The van der Waals surface area contributed by atoms with E-state index in [0.717, 1.165) is 38.2 Å². The Balaban J connectivity index is 1.30. The smallest absolute Gasteiger partial charge is 0.164 e. The van der Waals surface area contributed by atoms with Gasteiger partial charge in [-0.25, -0.2) is 15.0 Å². The minimum absolute atomic E-state index is 0.658. The molecule has 42 heavy (non-hydrogen) atoms. The minimum atomic E-state index is 0.658. The molecule has 1 heterocycles. The van der Waals surface area contributed by atoms with E-state index in [-0.39, 0.29) is 0 Å². The number of hydrogen-bond donors (Lipinski definition) is 0. The molecule has 3 heteroatoms. The van der Waals surface area contributed by atoms with Gasteiger partial charge in [0.05, 0.1) is 0 Å². The molecule has 8 rings (SSSR count). The Bertz CT molecular complexity index is 2250. The zero-order chi connectivity index (χ0) is 27.9. The molecular weight excluding hydrogens is 510 g/mol. The lowest BCUT2D eigenvalue weighted by Crippen LogP contribution is -2.00. The molecule has 0 aliphatic heterocycles. The summed E-state index contributed by atoms with van der Waals surface area (Å²) < 4.78 is 0. The van der Waals surface area contributed by atoms with Crippen molar-refractivity contribution < 1.29 is 0 Å². The molecule has 196 valence electrons. The van der Waals surface area contributed by atoms with Gasteiger partial charge in [-0.3, -0.25) is 0 Å². The van der Waals surface area contributed by atoms with Crippen molar-refractivity contribution in [2.75, 3.05) is 0 Å².